The normalized spacial score (nSPS) is 11.6. The molecular weight excluding hydrogens is 299 g/mol. The van der Waals surface area contributed by atoms with Crippen LogP contribution in [-0.4, -0.2) is 16.5 Å². The van der Waals surface area contributed by atoms with Crippen LogP contribution in [0.3, 0.4) is 0 Å². The van der Waals surface area contributed by atoms with E-state index in [0.29, 0.717) is 16.5 Å². The van der Waals surface area contributed by atoms with Gasteiger partial charge in [-0.1, -0.05) is 24.8 Å². The van der Waals surface area contributed by atoms with Crippen LogP contribution < -0.4 is 5.32 Å². The lowest BCUT2D eigenvalue weighted by atomic mass is 10.1. The van der Waals surface area contributed by atoms with Crippen LogP contribution in [0.2, 0.25) is 0 Å². The van der Waals surface area contributed by atoms with Gasteiger partial charge in [-0.15, -0.1) is 0 Å². The molecule has 1 aromatic heterocycles. The van der Waals surface area contributed by atoms with Crippen molar-refractivity contribution in [3.63, 3.8) is 0 Å². The molecule has 0 aliphatic carbocycles. The van der Waals surface area contributed by atoms with E-state index in [1.165, 1.54) is 24.7 Å². The van der Waals surface area contributed by atoms with Crippen LogP contribution in [0, 0.1) is 0 Å². The minimum absolute atomic E-state index is 0.196. The van der Waals surface area contributed by atoms with Crippen molar-refractivity contribution in [3.05, 3.63) is 47.9 Å². The van der Waals surface area contributed by atoms with Crippen molar-refractivity contribution in [2.24, 2.45) is 0 Å². The van der Waals surface area contributed by atoms with Gasteiger partial charge >= 0.3 is 6.18 Å². The Morgan fingerprint density at radius 1 is 1.24 bits per heavy atom. The topological polar surface area (TPSA) is 37.8 Å². The largest absolute Gasteiger partial charge is 0.416 e. The highest BCUT2D eigenvalue weighted by atomic mass is 32.2. The van der Waals surface area contributed by atoms with Crippen LogP contribution in [0.5, 0.6) is 0 Å². The SMILES string of the molecule is CCNCc1ccc(Sc2cnccn2)cc1C(F)(F)F. The van der Waals surface area contributed by atoms with E-state index in [2.05, 4.69) is 15.3 Å². The van der Waals surface area contributed by atoms with Crippen LogP contribution in [-0.2, 0) is 12.7 Å². The third-order valence-electron chi connectivity index (χ3n) is 2.71. The number of benzene rings is 1. The van der Waals surface area contributed by atoms with E-state index >= 15 is 0 Å². The molecule has 112 valence electrons. The fraction of sp³-hybridized carbons (Fsp3) is 0.286. The van der Waals surface area contributed by atoms with E-state index in [1.807, 2.05) is 6.92 Å². The molecular formula is C14H14F3N3S. The first-order chi connectivity index (χ1) is 10.0. The summed E-state index contributed by atoms with van der Waals surface area (Å²) in [5, 5.41) is 3.48. The first-order valence-electron chi connectivity index (χ1n) is 6.35. The van der Waals surface area contributed by atoms with Crippen molar-refractivity contribution in [2.75, 3.05) is 6.54 Å². The molecule has 7 heteroatoms. The van der Waals surface area contributed by atoms with E-state index in [4.69, 9.17) is 0 Å². The number of hydrogen-bond donors (Lipinski definition) is 1. The highest BCUT2D eigenvalue weighted by Gasteiger charge is 2.33. The molecule has 1 heterocycles. The predicted octanol–water partition coefficient (Wildman–Crippen LogP) is 3.76. The van der Waals surface area contributed by atoms with Crippen molar-refractivity contribution in [3.8, 4) is 0 Å². The molecule has 3 nitrogen and oxygen atoms in total. The van der Waals surface area contributed by atoms with E-state index in [1.54, 1.807) is 6.07 Å². The minimum Gasteiger partial charge on any atom is -0.313 e. The molecule has 21 heavy (non-hydrogen) atoms. The van der Waals surface area contributed by atoms with Gasteiger partial charge in [-0.05, 0) is 24.2 Å². The maximum absolute atomic E-state index is 13.1. The molecule has 0 fully saturated rings. The Balaban J connectivity index is 2.28. The number of alkyl halides is 3. The van der Waals surface area contributed by atoms with Gasteiger partial charge in [0, 0.05) is 23.8 Å². The number of rotatable bonds is 5. The van der Waals surface area contributed by atoms with Crippen LogP contribution in [0.25, 0.3) is 0 Å². The molecule has 0 atom stereocenters. The first-order valence-corrected chi connectivity index (χ1v) is 7.17. The van der Waals surface area contributed by atoms with E-state index in [-0.39, 0.29) is 12.1 Å². The fourth-order valence-electron chi connectivity index (χ4n) is 1.76. The molecule has 2 aromatic rings. The molecule has 0 saturated heterocycles. The summed E-state index contributed by atoms with van der Waals surface area (Å²) in [4.78, 5) is 8.43. The van der Waals surface area contributed by atoms with Gasteiger partial charge in [0.15, 0.2) is 0 Å². The van der Waals surface area contributed by atoms with Crippen molar-refractivity contribution >= 4 is 11.8 Å². The average Bonchev–Trinajstić information content (AvgIpc) is 2.46. The summed E-state index contributed by atoms with van der Waals surface area (Å²) >= 11 is 1.16. The lowest BCUT2D eigenvalue weighted by Crippen LogP contribution is -2.17. The van der Waals surface area contributed by atoms with Crippen LogP contribution in [0.1, 0.15) is 18.1 Å². The molecule has 0 bridgehead atoms. The van der Waals surface area contributed by atoms with Crippen molar-refractivity contribution in [1.29, 1.82) is 0 Å². The van der Waals surface area contributed by atoms with Gasteiger partial charge in [-0.2, -0.15) is 13.2 Å². The summed E-state index contributed by atoms with van der Waals surface area (Å²) in [7, 11) is 0. The Morgan fingerprint density at radius 3 is 2.67 bits per heavy atom. The van der Waals surface area contributed by atoms with Crippen LogP contribution in [0.15, 0.2) is 46.7 Å². The smallest absolute Gasteiger partial charge is 0.313 e. The summed E-state index contributed by atoms with van der Waals surface area (Å²) in [5.41, 5.74) is -0.370. The molecule has 0 unspecified atom stereocenters. The molecule has 0 saturated carbocycles. The Labute approximate surface area is 125 Å². The monoisotopic (exact) mass is 313 g/mol. The first kappa shape index (κ1) is 15.8. The zero-order chi connectivity index (χ0) is 15.3. The number of nitrogens with zero attached hydrogens (tertiary/aromatic N) is 2. The highest BCUT2D eigenvalue weighted by molar-refractivity contribution is 7.99. The van der Waals surface area contributed by atoms with Gasteiger partial charge < -0.3 is 5.32 Å². The Kier molecular flexibility index (Phi) is 5.19. The number of aromatic nitrogens is 2. The van der Waals surface area contributed by atoms with Gasteiger partial charge in [0.05, 0.1) is 11.8 Å². The number of hydrogen-bond acceptors (Lipinski definition) is 4. The summed E-state index contributed by atoms with van der Waals surface area (Å²) < 4.78 is 39.4. The average molecular weight is 313 g/mol. The molecule has 0 amide bonds. The fourth-order valence-corrected chi connectivity index (χ4v) is 2.54. The van der Waals surface area contributed by atoms with E-state index in [9.17, 15) is 13.2 Å². The zero-order valence-electron chi connectivity index (χ0n) is 11.3. The van der Waals surface area contributed by atoms with E-state index < -0.39 is 11.7 Å². The highest BCUT2D eigenvalue weighted by Crippen LogP contribution is 2.36. The lowest BCUT2D eigenvalue weighted by molar-refractivity contribution is -0.138. The second kappa shape index (κ2) is 6.91. The summed E-state index contributed by atoms with van der Waals surface area (Å²) in [6.07, 6.45) is 0.172. The van der Waals surface area contributed by atoms with Crippen molar-refractivity contribution < 1.29 is 13.2 Å². The van der Waals surface area contributed by atoms with Gasteiger partial charge in [-0.3, -0.25) is 4.98 Å². The third-order valence-corrected chi connectivity index (χ3v) is 3.62. The number of nitrogens with one attached hydrogen (secondary N) is 1. The quantitative estimate of drug-likeness (QED) is 0.912. The summed E-state index contributed by atoms with van der Waals surface area (Å²) in [5.74, 6) is 0. The maximum Gasteiger partial charge on any atom is 0.416 e. The Hall–Kier alpha value is -1.60. The van der Waals surface area contributed by atoms with Crippen molar-refractivity contribution in [1.82, 2.24) is 15.3 Å². The van der Waals surface area contributed by atoms with Crippen molar-refractivity contribution in [2.45, 2.75) is 29.6 Å². The standard InChI is InChI=1S/C14H14F3N3S/c1-2-18-8-10-3-4-11(7-12(10)14(15,16)17)21-13-9-19-5-6-20-13/h3-7,9,18H,2,8H2,1H3. The molecule has 1 aromatic carbocycles. The van der Waals surface area contributed by atoms with E-state index in [0.717, 1.165) is 17.8 Å². The molecule has 0 aliphatic rings. The van der Waals surface area contributed by atoms with Crippen LogP contribution >= 0.6 is 11.8 Å². The molecule has 0 aliphatic heterocycles. The summed E-state index contributed by atoms with van der Waals surface area (Å²) in [6, 6.07) is 4.33. The molecule has 2 rings (SSSR count). The zero-order valence-corrected chi connectivity index (χ0v) is 12.1. The van der Waals surface area contributed by atoms with Gasteiger partial charge in [0.1, 0.15) is 5.03 Å². The predicted molar refractivity (Wildman–Crippen MR) is 75.0 cm³/mol. The van der Waals surface area contributed by atoms with Crippen LogP contribution in [0.4, 0.5) is 13.2 Å². The van der Waals surface area contributed by atoms with Gasteiger partial charge in [0.2, 0.25) is 0 Å². The molecule has 1 N–H and O–H groups in total. The number of halogens is 3. The second-order valence-electron chi connectivity index (χ2n) is 4.24. The second-order valence-corrected chi connectivity index (χ2v) is 5.34. The third kappa shape index (κ3) is 4.44. The Morgan fingerprint density at radius 2 is 2.05 bits per heavy atom. The Bertz CT molecular complexity index is 588. The minimum atomic E-state index is -4.37. The maximum atomic E-state index is 13.1. The lowest BCUT2D eigenvalue weighted by Gasteiger charge is -2.14. The van der Waals surface area contributed by atoms with Gasteiger partial charge in [-0.25, -0.2) is 4.98 Å². The van der Waals surface area contributed by atoms with Gasteiger partial charge in [0.25, 0.3) is 0 Å². The molecule has 0 spiro atoms. The molecule has 0 radical (unpaired) electrons. The summed E-state index contributed by atoms with van der Waals surface area (Å²) in [6.45, 7) is 2.67.